The summed E-state index contributed by atoms with van der Waals surface area (Å²) < 4.78 is 56.7. The second-order valence-corrected chi connectivity index (χ2v) is 7.83. The molecule has 0 unspecified atom stereocenters. The zero-order chi connectivity index (χ0) is 22.6. The van der Waals surface area contributed by atoms with Crippen molar-refractivity contribution in [2.24, 2.45) is 0 Å². The highest BCUT2D eigenvalue weighted by Crippen LogP contribution is 2.55. The Morgan fingerprint density at radius 2 is 1.97 bits per heavy atom. The lowest BCUT2D eigenvalue weighted by Gasteiger charge is -2.45. The Kier molecular flexibility index (Phi) is 4.96. The van der Waals surface area contributed by atoms with Crippen molar-refractivity contribution < 1.29 is 27.8 Å². The molecule has 0 spiro atoms. The van der Waals surface area contributed by atoms with Gasteiger partial charge in [-0.25, -0.2) is 4.39 Å². The van der Waals surface area contributed by atoms with Gasteiger partial charge >= 0.3 is 6.18 Å². The smallest absolute Gasteiger partial charge is 0.419 e. The van der Waals surface area contributed by atoms with E-state index in [-0.39, 0.29) is 34.3 Å². The van der Waals surface area contributed by atoms with Crippen LogP contribution in [0.2, 0.25) is 0 Å². The van der Waals surface area contributed by atoms with Crippen LogP contribution in [0.25, 0.3) is 10.9 Å². The summed E-state index contributed by atoms with van der Waals surface area (Å²) >= 11 is 0. The van der Waals surface area contributed by atoms with Crippen LogP contribution in [-0.2, 0) is 0 Å². The van der Waals surface area contributed by atoms with Gasteiger partial charge in [0, 0.05) is 22.7 Å². The van der Waals surface area contributed by atoms with E-state index in [0.29, 0.717) is 5.56 Å². The van der Waals surface area contributed by atoms with Crippen LogP contribution in [0.5, 0.6) is 5.75 Å². The first kappa shape index (κ1) is 21.2. The number of phenols is 1. The van der Waals surface area contributed by atoms with Crippen molar-refractivity contribution in [1.82, 2.24) is 4.98 Å². The molecular formula is C22H20F4N2O3. The van der Waals surface area contributed by atoms with Crippen LogP contribution >= 0.6 is 0 Å². The van der Waals surface area contributed by atoms with E-state index < -0.39 is 41.5 Å². The van der Waals surface area contributed by atoms with Gasteiger partial charge in [0.25, 0.3) is 0 Å². The number of aromatic hydroxyl groups is 1. The van der Waals surface area contributed by atoms with E-state index in [2.05, 4.69) is 10.3 Å². The van der Waals surface area contributed by atoms with E-state index in [1.165, 1.54) is 30.3 Å². The van der Waals surface area contributed by atoms with Gasteiger partial charge in [-0.1, -0.05) is 19.1 Å². The minimum absolute atomic E-state index is 0.0248. The molecule has 4 N–H and O–H groups in total. The number of pyridine rings is 1. The fourth-order valence-electron chi connectivity index (χ4n) is 4.45. The fourth-order valence-corrected chi connectivity index (χ4v) is 4.45. The summed E-state index contributed by atoms with van der Waals surface area (Å²) in [6.07, 6.45) is -5.39. The summed E-state index contributed by atoms with van der Waals surface area (Å²) in [7, 11) is 0. The molecule has 1 aliphatic carbocycles. The van der Waals surface area contributed by atoms with Crippen molar-refractivity contribution in [1.29, 1.82) is 0 Å². The summed E-state index contributed by atoms with van der Waals surface area (Å²) in [5.74, 6) is -1.65. The molecule has 0 fully saturated rings. The largest absolute Gasteiger partial charge is 0.508 e. The summed E-state index contributed by atoms with van der Waals surface area (Å²) in [6.45, 7) is 1.68. The van der Waals surface area contributed by atoms with E-state index in [1.54, 1.807) is 6.92 Å². The molecule has 1 heterocycles. The fraction of sp³-hybridized carbons (Fsp3) is 0.318. The molecule has 4 rings (SSSR count). The van der Waals surface area contributed by atoms with Gasteiger partial charge in [0.2, 0.25) is 5.56 Å². The summed E-state index contributed by atoms with van der Waals surface area (Å²) in [4.78, 5) is 14.0. The van der Waals surface area contributed by atoms with E-state index in [0.717, 1.165) is 12.1 Å². The average molecular weight is 436 g/mol. The third-order valence-electron chi connectivity index (χ3n) is 5.96. The Balaban J connectivity index is 1.94. The summed E-state index contributed by atoms with van der Waals surface area (Å²) in [5, 5.41) is 24.3. The predicted molar refractivity (Wildman–Crippen MR) is 108 cm³/mol. The molecule has 0 saturated carbocycles. The van der Waals surface area contributed by atoms with Gasteiger partial charge in [-0.05, 0) is 48.6 Å². The number of alkyl halides is 3. The third-order valence-corrected chi connectivity index (χ3v) is 5.96. The molecule has 31 heavy (non-hydrogen) atoms. The molecule has 9 heteroatoms. The minimum Gasteiger partial charge on any atom is -0.508 e. The molecule has 1 aliphatic rings. The quantitative estimate of drug-likeness (QED) is 0.448. The van der Waals surface area contributed by atoms with Gasteiger partial charge < -0.3 is 20.5 Å². The minimum atomic E-state index is -5.00. The van der Waals surface area contributed by atoms with Crippen LogP contribution < -0.4 is 10.9 Å². The van der Waals surface area contributed by atoms with E-state index >= 15 is 0 Å². The highest BCUT2D eigenvalue weighted by Gasteiger charge is 2.62. The number of nitrogens with one attached hydrogen (secondary N) is 2. The van der Waals surface area contributed by atoms with Gasteiger partial charge in [0.1, 0.15) is 11.6 Å². The Bertz CT molecular complexity index is 1210. The van der Waals surface area contributed by atoms with Crippen molar-refractivity contribution in [2.75, 3.05) is 5.32 Å². The number of hydrogen-bond acceptors (Lipinski definition) is 4. The number of H-pyrrole nitrogens is 1. The van der Waals surface area contributed by atoms with Gasteiger partial charge in [-0.3, -0.25) is 4.79 Å². The first-order chi connectivity index (χ1) is 14.5. The van der Waals surface area contributed by atoms with Crippen molar-refractivity contribution in [3.63, 3.8) is 0 Å². The lowest BCUT2D eigenvalue weighted by atomic mass is 9.69. The molecule has 0 radical (unpaired) electrons. The highest BCUT2D eigenvalue weighted by atomic mass is 19.4. The van der Waals surface area contributed by atoms with Crippen LogP contribution in [0.15, 0.2) is 47.3 Å². The highest BCUT2D eigenvalue weighted by molar-refractivity contribution is 5.91. The first-order valence-corrected chi connectivity index (χ1v) is 9.75. The zero-order valence-electron chi connectivity index (χ0n) is 16.4. The van der Waals surface area contributed by atoms with Crippen LogP contribution in [-0.4, -0.2) is 27.0 Å². The normalized spacial score (nSPS) is 23.5. The Hall–Kier alpha value is -3.07. The van der Waals surface area contributed by atoms with Gasteiger partial charge in [0.15, 0.2) is 5.60 Å². The van der Waals surface area contributed by atoms with Crippen LogP contribution in [0.4, 0.5) is 23.2 Å². The monoisotopic (exact) mass is 436 g/mol. The Morgan fingerprint density at radius 1 is 1.23 bits per heavy atom. The van der Waals surface area contributed by atoms with Crippen molar-refractivity contribution in [3.8, 4) is 5.75 Å². The molecule has 3 aromatic rings. The number of aromatic amines is 1. The van der Waals surface area contributed by atoms with E-state index in [1.807, 2.05) is 0 Å². The number of anilines is 1. The molecule has 0 bridgehead atoms. The maximum atomic E-state index is 14.2. The zero-order valence-corrected chi connectivity index (χ0v) is 16.4. The summed E-state index contributed by atoms with van der Waals surface area (Å²) in [5.41, 5.74) is -3.18. The maximum absolute atomic E-state index is 14.2. The number of hydrogen-bond donors (Lipinski definition) is 4. The van der Waals surface area contributed by atoms with Crippen LogP contribution in [0.1, 0.15) is 42.9 Å². The number of halogens is 4. The maximum Gasteiger partial charge on any atom is 0.419 e. The Morgan fingerprint density at radius 3 is 2.65 bits per heavy atom. The molecule has 0 aliphatic heterocycles. The molecule has 1 aromatic heterocycles. The van der Waals surface area contributed by atoms with E-state index in [4.69, 9.17) is 0 Å². The van der Waals surface area contributed by atoms with Crippen molar-refractivity contribution in [3.05, 3.63) is 69.8 Å². The van der Waals surface area contributed by atoms with Crippen LogP contribution in [0.3, 0.4) is 0 Å². The van der Waals surface area contributed by atoms with Gasteiger partial charge in [0.05, 0.1) is 11.6 Å². The SMILES string of the molecule is CC[C@H]1C[C@@](O)(C(F)(F)F)[C@@H](Nc2cc(F)cc3[nH]c(=O)ccc23)c2cccc(O)c21. The van der Waals surface area contributed by atoms with Gasteiger partial charge in [-0.2, -0.15) is 13.2 Å². The Labute approximate surface area is 174 Å². The number of phenolic OH excluding ortho intramolecular Hbond substituents is 1. The number of aliphatic hydroxyl groups is 1. The molecular weight excluding hydrogens is 416 g/mol. The topological polar surface area (TPSA) is 85.4 Å². The molecule has 0 saturated heterocycles. The number of rotatable bonds is 3. The van der Waals surface area contributed by atoms with Gasteiger partial charge in [-0.15, -0.1) is 0 Å². The second kappa shape index (κ2) is 7.26. The average Bonchev–Trinajstić information content (AvgIpc) is 2.68. The molecule has 3 atom stereocenters. The van der Waals surface area contributed by atoms with Crippen LogP contribution in [0, 0.1) is 5.82 Å². The van der Waals surface area contributed by atoms with E-state index in [9.17, 15) is 32.6 Å². The van der Waals surface area contributed by atoms with Crippen molar-refractivity contribution in [2.45, 2.75) is 43.5 Å². The second-order valence-electron chi connectivity index (χ2n) is 7.83. The number of aromatic nitrogens is 1. The lowest BCUT2D eigenvalue weighted by molar-refractivity contribution is -0.272. The standard InChI is InChI=1S/C22H20F4N2O3/c1-2-11-10-21(31,22(24,25)26)20(14-4-3-5-17(29)19(11)14)28-16-9-12(23)8-15-13(16)6-7-18(30)27-15/h3-9,11,20,28-29,31H,2,10H2,1H3,(H,27,30)/t11-,20-,21-/m0/s1. The number of fused-ring (bicyclic) bond motifs is 2. The molecule has 164 valence electrons. The number of benzene rings is 2. The lowest BCUT2D eigenvalue weighted by Crippen LogP contribution is -2.55. The van der Waals surface area contributed by atoms with Crippen molar-refractivity contribution >= 4 is 16.6 Å². The predicted octanol–water partition coefficient (Wildman–Crippen LogP) is 4.72. The first-order valence-electron chi connectivity index (χ1n) is 9.75. The molecule has 2 aromatic carbocycles. The molecule has 0 amide bonds. The third kappa shape index (κ3) is 3.42. The summed E-state index contributed by atoms with van der Waals surface area (Å²) in [6, 6.07) is 7.09. The molecule has 5 nitrogen and oxygen atoms in total.